The lowest BCUT2D eigenvalue weighted by atomic mass is 9.88. The van der Waals surface area contributed by atoms with Gasteiger partial charge in [-0.1, -0.05) is 30.3 Å². The van der Waals surface area contributed by atoms with E-state index in [1.54, 1.807) is 0 Å². The third-order valence-electron chi connectivity index (χ3n) is 3.01. The molecule has 1 aromatic rings. The zero-order valence-electron chi connectivity index (χ0n) is 9.06. The Labute approximate surface area is 102 Å². The molecule has 1 aromatic carbocycles. The van der Waals surface area contributed by atoms with Crippen molar-refractivity contribution in [3.8, 4) is 0 Å². The summed E-state index contributed by atoms with van der Waals surface area (Å²) < 4.78 is 0. The number of nitrogens with one attached hydrogen (secondary N) is 1. The molecule has 0 bridgehead atoms. The molecule has 1 aliphatic heterocycles. The summed E-state index contributed by atoms with van der Waals surface area (Å²) in [7, 11) is 0. The van der Waals surface area contributed by atoms with Crippen molar-refractivity contribution in [3.63, 3.8) is 0 Å². The standard InChI is InChI=1S/C12H16N2O.ClH/c13-12(15)10-6-7-14-11(8-10)9-4-2-1-3-5-9;/h1-5,10-11,14H,6-8H2,(H2,13,15);1H. The Kier molecular flexibility index (Phi) is 4.77. The molecule has 3 N–H and O–H groups in total. The first-order chi connectivity index (χ1) is 7.27. The molecule has 1 aliphatic rings. The van der Waals surface area contributed by atoms with Gasteiger partial charge in [0.15, 0.2) is 0 Å². The highest BCUT2D eigenvalue weighted by Gasteiger charge is 2.25. The number of hydrogen-bond acceptors (Lipinski definition) is 2. The van der Waals surface area contributed by atoms with Crippen molar-refractivity contribution in [1.29, 1.82) is 0 Å². The summed E-state index contributed by atoms with van der Waals surface area (Å²) in [4.78, 5) is 11.1. The number of halogens is 1. The third kappa shape index (κ3) is 2.97. The number of carbonyl (C=O) groups excluding carboxylic acids is 1. The SMILES string of the molecule is Cl.NC(=O)C1CCNC(c2ccccc2)C1. The molecule has 4 heteroatoms. The van der Waals surface area contributed by atoms with Gasteiger partial charge in [0, 0.05) is 12.0 Å². The highest BCUT2D eigenvalue weighted by atomic mass is 35.5. The van der Waals surface area contributed by atoms with Crippen molar-refractivity contribution < 1.29 is 4.79 Å². The van der Waals surface area contributed by atoms with E-state index in [1.165, 1.54) is 5.56 Å². The Morgan fingerprint density at radius 1 is 1.31 bits per heavy atom. The lowest BCUT2D eigenvalue weighted by molar-refractivity contribution is -0.122. The summed E-state index contributed by atoms with van der Waals surface area (Å²) in [5.74, 6) is -0.145. The van der Waals surface area contributed by atoms with E-state index >= 15 is 0 Å². The molecule has 0 spiro atoms. The number of piperidine rings is 1. The molecule has 1 fully saturated rings. The van der Waals surface area contributed by atoms with Crippen molar-refractivity contribution in [1.82, 2.24) is 5.32 Å². The predicted molar refractivity (Wildman–Crippen MR) is 66.4 cm³/mol. The van der Waals surface area contributed by atoms with Crippen LogP contribution in [0.4, 0.5) is 0 Å². The van der Waals surface area contributed by atoms with Crippen LogP contribution in [0.3, 0.4) is 0 Å². The first-order valence-corrected chi connectivity index (χ1v) is 5.35. The largest absolute Gasteiger partial charge is 0.369 e. The fourth-order valence-electron chi connectivity index (χ4n) is 2.12. The Morgan fingerprint density at radius 2 is 2.00 bits per heavy atom. The fraction of sp³-hybridized carbons (Fsp3) is 0.417. The van der Waals surface area contributed by atoms with Crippen LogP contribution in [0.15, 0.2) is 30.3 Å². The summed E-state index contributed by atoms with van der Waals surface area (Å²) in [5, 5.41) is 3.41. The molecule has 1 amide bonds. The summed E-state index contributed by atoms with van der Waals surface area (Å²) in [6, 6.07) is 10.5. The van der Waals surface area contributed by atoms with Crippen LogP contribution in [-0.2, 0) is 4.79 Å². The first kappa shape index (κ1) is 13.0. The van der Waals surface area contributed by atoms with Crippen LogP contribution in [0, 0.1) is 5.92 Å². The normalized spacial score (nSPS) is 24.5. The van der Waals surface area contributed by atoms with E-state index in [0.29, 0.717) is 0 Å². The van der Waals surface area contributed by atoms with Crippen LogP contribution < -0.4 is 11.1 Å². The van der Waals surface area contributed by atoms with Crippen LogP contribution in [0.5, 0.6) is 0 Å². The zero-order valence-corrected chi connectivity index (χ0v) is 9.87. The molecule has 1 saturated heterocycles. The molecule has 0 radical (unpaired) electrons. The van der Waals surface area contributed by atoms with E-state index < -0.39 is 0 Å². The zero-order chi connectivity index (χ0) is 10.7. The fourth-order valence-corrected chi connectivity index (χ4v) is 2.12. The van der Waals surface area contributed by atoms with Gasteiger partial charge in [-0.05, 0) is 24.9 Å². The van der Waals surface area contributed by atoms with Gasteiger partial charge < -0.3 is 11.1 Å². The second-order valence-electron chi connectivity index (χ2n) is 4.04. The summed E-state index contributed by atoms with van der Waals surface area (Å²) in [5.41, 5.74) is 6.58. The molecule has 88 valence electrons. The van der Waals surface area contributed by atoms with Crippen LogP contribution in [0.1, 0.15) is 24.4 Å². The van der Waals surface area contributed by atoms with Crippen molar-refractivity contribution in [2.75, 3.05) is 6.54 Å². The van der Waals surface area contributed by atoms with Gasteiger partial charge in [0.25, 0.3) is 0 Å². The number of carbonyl (C=O) groups is 1. The molecule has 0 aromatic heterocycles. The summed E-state index contributed by atoms with van der Waals surface area (Å²) >= 11 is 0. The monoisotopic (exact) mass is 240 g/mol. The molecule has 16 heavy (non-hydrogen) atoms. The van der Waals surface area contributed by atoms with Gasteiger partial charge in [-0.2, -0.15) is 0 Å². The first-order valence-electron chi connectivity index (χ1n) is 5.35. The molecule has 2 unspecified atom stereocenters. The Balaban J connectivity index is 0.00000128. The topological polar surface area (TPSA) is 55.1 Å². The number of nitrogens with two attached hydrogens (primary N) is 1. The van der Waals surface area contributed by atoms with Gasteiger partial charge in [-0.15, -0.1) is 12.4 Å². The smallest absolute Gasteiger partial charge is 0.220 e. The average molecular weight is 241 g/mol. The van der Waals surface area contributed by atoms with E-state index in [2.05, 4.69) is 17.4 Å². The Bertz CT molecular complexity index is 342. The van der Waals surface area contributed by atoms with Gasteiger partial charge in [0.05, 0.1) is 0 Å². The van der Waals surface area contributed by atoms with Gasteiger partial charge in [0.1, 0.15) is 0 Å². The minimum Gasteiger partial charge on any atom is -0.369 e. The van der Waals surface area contributed by atoms with E-state index in [-0.39, 0.29) is 30.3 Å². The minimum absolute atomic E-state index is 0. The number of rotatable bonds is 2. The molecule has 2 atom stereocenters. The maximum atomic E-state index is 11.1. The second-order valence-corrected chi connectivity index (χ2v) is 4.04. The highest BCUT2D eigenvalue weighted by Crippen LogP contribution is 2.26. The maximum Gasteiger partial charge on any atom is 0.220 e. The van der Waals surface area contributed by atoms with Crippen molar-refractivity contribution >= 4 is 18.3 Å². The second kappa shape index (κ2) is 5.87. The van der Waals surface area contributed by atoms with Crippen molar-refractivity contribution in [3.05, 3.63) is 35.9 Å². The molecule has 2 rings (SSSR count). The molecule has 3 nitrogen and oxygen atoms in total. The molecular formula is C12H17ClN2O. The molecule has 0 saturated carbocycles. The van der Waals surface area contributed by atoms with Gasteiger partial charge in [0.2, 0.25) is 5.91 Å². The Hall–Kier alpha value is -1.06. The molecular weight excluding hydrogens is 224 g/mol. The number of primary amides is 1. The number of amides is 1. The number of benzene rings is 1. The lowest BCUT2D eigenvalue weighted by Crippen LogP contribution is -2.37. The van der Waals surface area contributed by atoms with Gasteiger partial charge in [-0.3, -0.25) is 4.79 Å². The average Bonchev–Trinajstić information content (AvgIpc) is 2.30. The minimum atomic E-state index is -0.169. The Morgan fingerprint density at radius 3 is 2.62 bits per heavy atom. The van der Waals surface area contributed by atoms with Gasteiger partial charge >= 0.3 is 0 Å². The summed E-state index contributed by atoms with van der Waals surface area (Å²) in [6.07, 6.45) is 1.68. The third-order valence-corrected chi connectivity index (χ3v) is 3.01. The van der Waals surface area contributed by atoms with Crippen LogP contribution in [0.2, 0.25) is 0 Å². The molecule has 1 heterocycles. The van der Waals surface area contributed by atoms with E-state index in [9.17, 15) is 4.79 Å². The van der Waals surface area contributed by atoms with Crippen LogP contribution in [0.25, 0.3) is 0 Å². The summed E-state index contributed by atoms with van der Waals surface area (Å²) in [6.45, 7) is 0.868. The van der Waals surface area contributed by atoms with Crippen molar-refractivity contribution in [2.24, 2.45) is 11.7 Å². The highest BCUT2D eigenvalue weighted by molar-refractivity contribution is 5.85. The van der Waals surface area contributed by atoms with Crippen LogP contribution >= 0.6 is 12.4 Å². The van der Waals surface area contributed by atoms with E-state index in [1.807, 2.05) is 18.2 Å². The maximum absolute atomic E-state index is 11.1. The van der Waals surface area contributed by atoms with Crippen LogP contribution in [-0.4, -0.2) is 12.5 Å². The van der Waals surface area contributed by atoms with E-state index in [4.69, 9.17) is 5.73 Å². The van der Waals surface area contributed by atoms with Gasteiger partial charge in [-0.25, -0.2) is 0 Å². The van der Waals surface area contributed by atoms with Crippen molar-refractivity contribution in [2.45, 2.75) is 18.9 Å². The lowest BCUT2D eigenvalue weighted by Gasteiger charge is -2.28. The van der Waals surface area contributed by atoms with E-state index in [0.717, 1.165) is 19.4 Å². The number of hydrogen-bond donors (Lipinski definition) is 2. The predicted octanol–water partition coefficient (Wildman–Crippen LogP) is 1.63. The quantitative estimate of drug-likeness (QED) is 0.826. The molecule has 0 aliphatic carbocycles.